The molecule has 0 fully saturated rings. The fourth-order valence-corrected chi connectivity index (χ4v) is 1.91. The predicted octanol–water partition coefficient (Wildman–Crippen LogP) is 1.25. The van der Waals surface area contributed by atoms with Crippen LogP contribution in [0, 0.1) is 0 Å². The standard InChI is InChI=1S/C11H15N/c1-3-12-8-7-10-9(2)5-4-6-11(10)12/h6-8H,3-5H2,1-2H3. The molecule has 1 heteroatoms. The van der Waals surface area contributed by atoms with Crippen molar-refractivity contribution >= 4 is 11.6 Å². The summed E-state index contributed by atoms with van der Waals surface area (Å²) in [4.78, 5) is 0. The molecule has 1 nitrogen and oxygen atoms in total. The third-order valence-corrected chi connectivity index (χ3v) is 2.66. The third-order valence-electron chi connectivity index (χ3n) is 2.66. The van der Waals surface area contributed by atoms with Gasteiger partial charge in [-0.25, -0.2) is 0 Å². The Morgan fingerprint density at radius 2 is 2.33 bits per heavy atom. The molecule has 1 aromatic rings. The van der Waals surface area contributed by atoms with E-state index in [1.807, 2.05) is 0 Å². The van der Waals surface area contributed by atoms with Gasteiger partial charge in [-0.2, -0.15) is 0 Å². The van der Waals surface area contributed by atoms with E-state index in [1.165, 1.54) is 23.4 Å². The normalized spacial score (nSPS) is 15.7. The van der Waals surface area contributed by atoms with E-state index in [0.29, 0.717) is 0 Å². The van der Waals surface area contributed by atoms with Gasteiger partial charge in [-0.05, 0) is 38.0 Å². The van der Waals surface area contributed by atoms with E-state index in [2.05, 4.69) is 36.8 Å². The smallest absolute Gasteiger partial charge is 0.0439 e. The summed E-state index contributed by atoms with van der Waals surface area (Å²) < 4.78 is 2.32. The molecule has 1 heterocycles. The summed E-state index contributed by atoms with van der Waals surface area (Å²) in [5.74, 6) is 0. The molecule has 0 atom stereocenters. The van der Waals surface area contributed by atoms with Gasteiger partial charge in [0.05, 0.1) is 0 Å². The van der Waals surface area contributed by atoms with Crippen molar-refractivity contribution in [3.8, 4) is 0 Å². The Bertz CT molecular complexity index is 395. The molecule has 0 unspecified atom stereocenters. The van der Waals surface area contributed by atoms with Crippen molar-refractivity contribution in [3.63, 3.8) is 0 Å². The molecule has 0 saturated heterocycles. The number of fused-ring (bicyclic) bond motifs is 1. The van der Waals surface area contributed by atoms with Crippen molar-refractivity contribution in [3.05, 3.63) is 22.8 Å². The first-order valence-corrected chi connectivity index (χ1v) is 4.68. The molecule has 64 valence electrons. The minimum absolute atomic E-state index is 1.08. The van der Waals surface area contributed by atoms with Gasteiger partial charge >= 0.3 is 0 Å². The van der Waals surface area contributed by atoms with Gasteiger partial charge in [0.15, 0.2) is 0 Å². The number of hydrogen-bond acceptors (Lipinski definition) is 0. The maximum atomic E-state index is 2.35. The molecule has 0 saturated carbocycles. The Morgan fingerprint density at radius 1 is 1.50 bits per heavy atom. The molecule has 0 bridgehead atoms. The largest absolute Gasteiger partial charge is 0.348 e. The SMILES string of the molecule is CCn1ccc2c1=CCCC=2C. The first-order valence-electron chi connectivity index (χ1n) is 4.68. The van der Waals surface area contributed by atoms with Crippen LogP contribution in [0.2, 0.25) is 0 Å². The number of nitrogens with zero attached hydrogens (tertiary/aromatic N) is 1. The second-order valence-corrected chi connectivity index (χ2v) is 3.42. The fourth-order valence-electron chi connectivity index (χ4n) is 1.91. The molecule has 0 aromatic carbocycles. The van der Waals surface area contributed by atoms with Crippen LogP contribution in [0.1, 0.15) is 26.7 Å². The molecule has 0 spiro atoms. The highest BCUT2D eigenvalue weighted by atomic mass is 14.9. The Kier molecular flexibility index (Phi) is 1.80. The van der Waals surface area contributed by atoms with Crippen LogP contribution in [0.25, 0.3) is 11.6 Å². The van der Waals surface area contributed by atoms with Gasteiger partial charge in [-0.1, -0.05) is 11.6 Å². The summed E-state index contributed by atoms with van der Waals surface area (Å²) in [6.45, 7) is 5.52. The first-order chi connectivity index (χ1) is 5.83. The van der Waals surface area contributed by atoms with E-state index in [4.69, 9.17) is 0 Å². The first kappa shape index (κ1) is 7.66. The minimum Gasteiger partial charge on any atom is -0.348 e. The Labute approximate surface area is 73.0 Å². The van der Waals surface area contributed by atoms with E-state index < -0.39 is 0 Å². The van der Waals surface area contributed by atoms with E-state index in [-0.39, 0.29) is 0 Å². The van der Waals surface area contributed by atoms with Gasteiger partial charge in [-0.3, -0.25) is 0 Å². The molecular formula is C11H15N. The van der Waals surface area contributed by atoms with Gasteiger partial charge in [-0.15, -0.1) is 0 Å². The second kappa shape index (κ2) is 2.81. The molecule has 2 rings (SSSR count). The number of aromatic nitrogens is 1. The molecule has 1 aliphatic carbocycles. The molecular weight excluding hydrogens is 146 g/mol. The van der Waals surface area contributed by atoms with E-state index in [0.717, 1.165) is 6.54 Å². The number of hydrogen-bond donors (Lipinski definition) is 0. The number of aryl methyl sites for hydroxylation is 1. The van der Waals surface area contributed by atoms with E-state index in [1.54, 1.807) is 5.57 Å². The van der Waals surface area contributed by atoms with Crippen LogP contribution in [0.3, 0.4) is 0 Å². The zero-order chi connectivity index (χ0) is 8.55. The molecule has 1 aliphatic rings. The van der Waals surface area contributed by atoms with Gasteiger partial charge in [0.25, 0.3) is 0 Å². The lowest BCUT2D eigenvalue weighted by Crippen LogP contribution is -2.31. The monoisotopic (exact) mass is 161 g/mol. The summed E-state index contributed by atoms with van der Waals surface area (Å²) in [6.07, 6.45) is 6.99. The van der Waals surface area contributed by atoms with Crippen molar-refractivity contribution in [2.75, 3.05) is 0 Å². The Hall–Kier alpha value is -0.980. The number of rotatable bonds is 1. The van der Waals surface area contributed by atoms with Crippen LogP contribution in [-0.4, -0.2) is 4.57 Å². The summed E-state index contributed by atoms with van der Waals surface area (Å²) >= 11 is 0. The van der Waals surface area contributed by atoms with Crippen LogP contribution in [0.15, 0.2) is 12.3 Å². The Morgan fingerprint density at radius 3 is 3.08 bits per heavy atom. The summed E-state index contributed by atoms with van der Waals surface area (Å²) in [7, 11) is 0. The quantitative estimate of drug-likeness (QED) is 0.584. The molecule has 12 heavy (non-hydrogen) atoms. The lowest BCUT2D eigenvalue weighted by molar-refractivity contribution is 0.739. The third kappa shape index (κ3) is 1.01. The maximum Gasteiger partial charge on any atom is 0.0439 e. The zero-order valence-corrected chi connectivity index (χ0v) is 7.80. The van der Waals surface area contributed by atoms with Crippen LogP contribution in [-0.2, 0) is 6.54 Å². The predicted molar refractivity (Wildman–Crippen MR) is 52.1 cm³/mol. The fraction of sp³-hybridized carbons (Fsp3) is 0.455. The lowest BCUT2D eigenvalue weighted by Gasteiger charge is -2.04. The highest BCUT2D eigenvalue weighted by molar-refractivity contribution is 5.48. The molecule has 0 aliphatic heterocycles. The highest BCUT2D eigenvalue weighted by Gasteiger charge is 2.02. The van der Waals surface area contributed by atoms with Crippen LogP contribution < -0.4 is 10.6 Å². The minimum atomic E-state index is 1.08. The van der Waals surface area contributed by atoms with Crippen molar-refractivity contribution in [2.45, 2.75) is 33.2 Å². The Balaban J connectivity index is 2.79. The summed E-state index contributed by atoms with van der Waals surface area (Å²) in [5, 5.41) is 2.89. The molecule has 1 aromatic heterocycles. The van der Waals surface area contributed by atoms with Crippen molar-refractivity contribution in [1.82, 2.24) is 4.57 Å². The summed E-state index contributed by atoms with van der Waals surface area (Å²) in [6, 6.07) is 2.24. The van der Waals surface area contributed by atoms with E-state index in [9.17, 15) is 0 Å². The average molecular weight is 161 g/mol. The van der Waals surface area contributed by atoms with Crippen LogP contribution in [0.5, 0.6) is 0 Å². The van der Waals surface area contributed by atoms with Crippen molar-refractivity contribution in [1.29, 1.82) is 0 Å². The lowest BCUT2D eigenvalue weighted by atomic mass is 10.1. The topological polar surface area (TPSA) is 4.93 Å². The molecule has 0 radical (unpaired) electrons. The van der Waals surface area contributed by atoms with Gasteiger partial charge in [0.2, 0.25) is 0 Å². The van der Waals surface area contributed by atoms with Gasteiger partial charge in [0, 0.05) is 18.1 Å². The highest BCUT2D eigenvalue weighted by Crippen LogP contribution is 2.05. The maximum absolute atomic E-state index is 2.35. The van der Waals surface area contributed by atoms with Crippen molar-refractivity contribution < 1.29 is 0 Å². The van der Waals surface area contributed by atoms with Crippen LogP contribution >= 0.6 is 0 Å². The summed E-state index contributed by atoms with van der Waals surface area (Å²) in [5.41, 5.74) is 1.54. The molecule has 0 amide bonds. The van der Waals surface area contributed by atoms with Crippen molar-refractivity contribution in [2.24, 2.45) is 0 Å². The second-order valence-electron chi connectivity index (χ2n) is 3.42. The van der Waals surface area contributed by atoms with E-state index >= 15 is 0 Å². The molecule has 0 N–H and O–H groups in total. The van der Waals surface area contributed by atoms with Crippen LogP contribution in [0.4, 0.5) is 0 Å². The van der Waals surface area contributed by atoms with Gasteiger partial charge < -0.3 is 4.57 Å². The zero-order valence-electron chi connectivity index (χ0n) is 7.80. The van der Waals surface area contributed by atoms with Gasteiger partial charge in [0.1, 0.15) is 0 Å². The average Bonchev–Trinajstić information content (AvgIpc) is 2.49.